The summed E-state index contributed by atoms with van der Waals surface area (Å²) in [5.41, 5.74) is 0.109. The molecule has 1 saturated carbocycles. The molecule has 1 aliphatic rings. The Morgan fingerprint density at radius 1 is 1.37 bits per heavy atom. The number of carbonyl (C=O) groups is 1. The average molecular weight is 270 g/mol. The molecule has 0 spiro atoms. The minimum atomic E-state index is -0.0661. The molecular weight excluding hydrogens is 240 g/mol. The Bertz CT molecular complexity index is 290. The van der Waals surface area contributed by atoms with Gasteiger partial charge >= 0.3 is 6.03 Å². The van der Waals surface area contributed by atoms with E-state index < -0.39 is 0 Å². The van der Waals surface area contributed by atoms with Crippen LogP contribution in [0.2, 0.25) is 0 Å². The highest BCUT2D eigenvalue weighted by Crippen LogP contribution is 2.28. The Balaban J connectivity index is 2.35. The van der Waals surface area contributed by atoms with Crippen molar-refractivity contribution in [3.05, 3.63) is 0 Å². The molecule has 0 aliphatic heterocycles. The number of nitrogens with one attached hydrogen (secondary N) is 2. The molecule has 0 aromatic carbocycles. The van der Waals surface area contributed by atoms with E-state index in [1.807, 2.05) is 0 Å². The van der Waals surface area contributed by atoms with E-state index in [0.717, 1.165) is 25.7 Å². The van der Waals surface area contributed by atoms with Crippen LogP contribution in [0.25, 0.3) is 0 Å². The number of aliphatic hydroxyl groups is 1. The predicted molar refractivity (Wildman–Crippen MR) is 78.0 cm³/mol. The molecule has 1 rings (SSSR count). The van der Waals surface area contributed by atoms with Crippen LogP contribution in [0.4, 0.5) is 4.79 Å². The molecule has 2 amide bonds. The summed E-state index contributed by atoms with van der Waals surface area (Å²) in [4.78, 5) is 11.9. The molecule has 0 aromatic rings. The highest BCUT2D eigenvalue weighted by molar-refractivity contribution is 5.74. The zero-order valence-corrected chi connectivity index (χ0v) is 12.8. The van der Waals surface area contributed by atoms with Gasteiger partial charge in [-0.3, -0.25) is 0 Å². The molecule has 3 N–H and O–H groups in total. The summed E-state index contributed by atoms with van der Waals surface area (Å²) in [6.07, 6.45) is 4.09. The summed E-state index contributed by atoms with van der Waals surface area (Å²) < 4.78 is 0. The second kappa shape index (κ2) is 7.13. The molecule has 0 aromatic heterocycles. The van der Waals surface area contributed by atoms with Crippen molar-refractivity contribution >= 4 is 6.03 Å². The van der Waals surface area contributed by atoms with Crippen molar-refractivity contribution < 1.29 is 9.90 Å². The highest BCUT2D eigenvalue weighted by Gasteiger charge is 2.29. The summed E-state index contributed by atoms with van der Waals surface area (Å²) in [6.45, 7) is 9.59. The third-order valence-corrected chi connectivity index (χ3v) is 4.74. The van der Waals surface area contributed by atoms with Crippen LogP contribution in [0.15, 0.2) is 0 Å². The Hall–Kier alpha value is -0.770. The smallest absolute Gasteiger partial charge is 0.315 e. The Labute approximate surface area is 117 Å². The predicted octanol–water partition coefficient (Wildman–Crippen LogP) is 2.52. The number of hydrogen-bond donors (Lipinski definition) is 3. The molecule has 19 heavy (non-hydrogen) atoms. The van der Waals surface area contributed by atoms with Gasteiger partial charge in [-0.25, -0.2) is 4.79 Å². The van der Waals surface area contributed by atoms with Crippen molar-refractivity contribution in [2.45, 2.75) is 59.4 Å². The van der Waals surface area contributed by atoms with Crippen LogP contribution in [-0.2, 0) is 0 Å². The zero-order chi connectivity index (χ0) is 14.5. The number of rotatable bonds is 6. The quantitative estimate of drug-likeness (QED) is 0.694. The summed E-state index contributed by atoms with van der Waals surface area (Å²) in [7, 11) is 0. The number of carbonyl (C=O) groups excluding carboxylic acids is 1. The van der Waals surface area contributed by atoms with E-state index in [2.05, 4.69) is 38.3 Å². The molecule has 4 heteroatoms. The van der Waals surface area contributed by atoms with E-state index in [-0.39, 0.29) is 24.1 Å². The van der Waals surface area contributed by atoms with Crippen molar-refractivity contribution in [1.29, 1.82) is 0 Å². The molecule has 1 fully saturated rings. The number of hydrogen-bond acceptors (Lipinski definition) is 2. The summed E-state index contributed by atoms with van der Waals surface area (Å²) in [5, 5.41) is 15.1. The second-order valence-corrected chi connectivity index (χ2v) is 6.78. The standard InChI is InChI=1S/C15H30N2O2/c1-11(2)15(3,4)10-16-14(19)17-13-7-5-6-12(13)8-9-18/h11-13,18H,5-10H2,1-4H3,(H2,16,17,19)/t12-,13+/m0/s1. The van der Waals surface area contributed by atoms with Crippen molar-refractivity contribution in [3.63, 3.8) is 0 Å². The van der Waals surface area contributed by atoms with Crippen LogP contribution in [0.1, 0.15) is 53.4 Å². The fraction of sp³-hybridized carbons (Fsp3) is 0.933. The second-order valence-electron chi connectivity index (χ2n) is 6.78. The van der Waals surface area contributed by atoms with E-state index in [9.17, 15) is 4.79 Å². The first-order valence-corrected chi connectivity index (χ1v) is 7.52. The Morgan fingerprint density at radius 2 is 2.05 bits per heavy atom. The van der Waals surface area contributed by atoms with Crippen LogP contribution in [0.3, 0.4) is 0 Å². The van der Waals surface area contributed by atoms with Crippen LogP contribution in [0, 0.1) is 17.3 Å². The van der Waals surface area contributed by atoms with Gasteiger partial charge in [0.1, 0.15) is 0 Å². The lowest BCUT2D eigenvalue weighted by molar-refractivity contribution is 0.206. The van der Waals surface area contributed by atoms with Gasteiger partial charge in [0, 0.05) is 19.2 Å². The number of urea groups is 1. The SMILES string of the molecule is CC(C)C(C)(C)CNC(=O)N[C@@H]1CCC[C@H]1CCO. The molecule has 0 radical (unpaired) electrons. The molecule has 2 atom stereocenters. The van der Waals surface area contributed by atoms with Crippen LogP contribution in [-0.4, -0.2) is 30.3 Å². The van der Waals surface area contributed by atoms with Crippen LogP contribution >= 0.6 is 0 Å². The third-order valence-electron chi connectivity index (χ3n) is 4.74. The summed E-state index contributed by atoms with van der Waals surface area (Å²) >= 11 is 0. The minimum Gasteiger partial charge on any atom is -0.396 e. The van der Waals surface area contributed by atoms with Crippen molar-refractivity contribution in [1.82, 2.24) is 10.6 Å². The lowest BCUT2D eigenvalue weighted by atomic mass is 9.81. The van der Waals surface area contributed by atoms with Crippen molar-refractivity contribution in [3.8, 4) is 0 Å². The van der Waals surface area contributed by atoms with Crippen molar-refractivity contribution in [2.75, 3.05) is 13.2 Å². The molecule has 0 bridgehead atoms. The van der Waals surface area contributed by atoms with Gasteiger partial charge in [0.15, 0.2) is 0 Å². The maximum Gasteiger partial charge on any atom is 0.315 e. The largest absolute Gasteiger partial charge is 0.396 e. The van der Waals surface area contributed by atoms with E-state index in [4.69, 9.17) is 5.11 Å². The van der Waals surface area contributed by atoms with E-state index in [1.54, 1.807) is 0 Å². The minimum absolute atomic E-state index is 0.0661. The molecule has 1 aliphatic carbocycles. The van der Waals surface area contributed by atoms with Gasteiger partial charge in [-0.15, -0.1) is 0 Å². The average Bonchev–Trinajstić information content (AvgIpc) is 2.75. The first-order valence-electron chi connectivity index (χ1n) is 7.52. The van der Waals surface area contributed by atoms with E-state index in [0.29, 0.717) is 18.4 Å². The fourth-order valence-electron chi connectivity index (χ4n) is 2.47. The highest BCUT2D eigenvalue weighted by atomic mass is 16.3. The van der Waals surface area contributed by atoms with Gasteiger partial charge in [-0.05, 0) is 36.5 Å². The Morgan fingerprint density at radius 3 is 2.63 bits per heavy atom. The molecular formula is C15H30N2O2. The van der Waals surface area contributed by atoms with Gasteiger partial charge in [0.25, 0.3) is 0 Å². The zero-order valence-electron chi connectivity index (χ0n) is 12.8. The molecule has 112 valence electrons. The monoisotopic (exact) mass is 270 g/mol. The van der Waals surface area contributed by atoms with Crippen LogP contribution < -0.4 is 10.6 Å². The molecule has 0 heterocycles. The Kier molecular flexibility index (Phi) is 6.11. The van der Waals surface area contributed by atoms with Gasteiger partial charge in [-0.1, -0.05) is 34.1 Å². The van der Waals surface area contributed by atoms with Crippen LogP contribution in [0.5, 0.6) is 0 Å². The lowest BCUT2D eigenvalue weighted by Crippen LogP contribution is -2.47. The maximum absolute atomic E-state index is 11.9. The van der Waals surface area contributed by atoms with Gasteiger partial charge < -0.3 is 15.7 Å². The first-order chi connectivity index (χ1) is 8.86. The fourth-order valence-corrected chi connectivity index (χ4v) is 2.47. The van der Waals surface area contributed by atoms with E-state index >= 15 is 0 Å². The number of aliphatic hydroxyl groups excluding tert-OH is 1. The first kappa shape index (κ1) is 16.3. The maximum atomic E-state index is 11.9. The third kappa shape index (κ3) is 5.01. The van der Waals surface area contributed by atoms with Gasteiger partial charge in [0.05, 0.1) is 0 Å². The van der Waals surface area contributed by atoms with Crippen molar-refractivity contribution in [2.24, 2.45) is 17.3 Å². The molecule has 4 nitrogen and oxygen atoms in total. The number of amides is 2. The van der Waals surface area contributed by atoms with Gasteiger partial charge in [0.2, 0.25) is 0 Å². The van der Waals surface area contributed by atoms with E-state index in [1.165, 1.54) is 0 Å². The normalized spacial score (nSPS) is 23.7. The van der Waals surface area contributed by atoms with Gasteiger partial charge in [-0.2, -0.15) is 0 Å². The summed E-state index contributed by atoms with van der Waals surface area (Å²) in [5.74, 6) is 0.968. The molecule has 0 unspecified atom stereocenters. The lowest BCUT2D eigenvalue weighted by Gasteiger charge is -2.30. The topological polar surface area (TPSA) is 61.4 Å². The molecule has 0 saturated heterocycles. The summed E-state index contributed by atoms with van der Waals surface area (Å²) in [6, 6.07) is 0.165.